The molecule has 47 heavy (non-hydrogen) atoms. The summed E-state index contributed by atoms with van der Waals surface area (Å²) in [5, 5.41) is 6.70. The fourth-order valence-electron chi connectivity index (χ4n) is 6.62. The van der Waals surface area contributed by atoms with Crippen LogP contribution in [0.3, 0.4) is 0 Å². The van der Waals surface area contributed by atoms with Gasteiger partial charge in [0.15, 0.2) is 7.14 Å². The lowest BCUT2D eigenvalue weighted by molar-refractivity contribution is 0.592. The third-order valence-corrected chi connectivity index (χ3v) is 12.1. The van der Waals surface area contributed by atoms with E-state index in [1.807, 2.05) is 103 Å². The number of nitrogens with zero attached hydrogens (tertiary/aromatic N) is 2. The van der Waals surface area contributed by atoms with Crippen LogP contribution in [0, 0.1) is 0 Å². The molecule has 0 spiro atoms. The summed E-state index contributed by atoms with van der Waals surface area (Å²) in [6.45, 7) is 0. The normalized spacial score (nSPS) is 11.9. The molecule has 0 radical (unpaired) electrons. The summed E-state index contributed by atoms with van der Waals surface area (Å²) in [6, 6.07) is 50.7. The van der Waals surface area contributed by atoms with Gasteiger partial charge in [0, 0.05) is 55.4 Å². The van der Waals surface area contributed by atoms with E-state index in [0.29, 0.717) is 0 Å². The Kier molecular flexibility index (Phi) is 6.38. The van der Waals surface area contributed by atoms with Gasteiger partial charge in [-0.15, -0.1) is 0 Å². The zero-order valence-corrected chi connectivity index (χ0v) is 26.1. The quantitative estimate of drug-likeness (QED) is 0.142. The first-order chi connectivity index (χ1) is 23.1. The molecule has 0 unspecified atom stereocenters. The van der Waals surface area contributed by atoms with E-state index in [9.17, 15) is 4.57 Å². The summed E-state index contributed by atoms with van der Waals surface area (Å²) < 4.78 is 21.1. The van der Waals surface area contributed by atoms with Crippen molar-refractivity contribution in [2.45, 2.75) is 0 Å². The number of furan rings is 1. The monoisotopic (exact) mass is 622 g/mol. The summed E-state index contributed by atoms with van der Waals surface area (Å²) in [5.74, 6) is 0. The van der Waals surface area contributed by atoms with Crippen molar-refractivity contribution < 1.29 is 8.98 Å². The molecule has 0 aliphatic heterocycles. The number of hydrogen-bond acceptors (Lipinski definition) is 4. The van der Waals surface area contributed by atoms with E-state index in [2.05, 4.69) is 65.6 Å². The van der Waals surface area contributed by atoms with Crippen LogP contribution in [0.1, 0.15) is 0 Å². The number of benzene rings is 6. The Morgan fingerprint density at radius 3 is 1.66 bits per heavy atom. The molecule has 5 heteroatoms. The second-order valence-corrected chi connectivity index (χ2v) is 14.6. The highest BCUT2D eigenvalue weighted by atomic mass is 31.2. The van der Waals surface area contributed by atoms with Crippen molar-refractivity contribution in [1.29, 1.82) is 0 Å². The first-order valence-corrected chi connectivity index (χ1v) is 17.3. The molecule has 0 aliphatic rings. The summed E-state index contributed by atoms with van der Waals surface area (Å²) >= 11 is 0. The average molecular weight is 623 g/mol. The Hall–Kier alpha value is -5.83. The molecule has 0 amide bonds. The van der Waals surface area contributed by atoms with Gasteiger partial charge in [-0.25, -0.2) is 0 Å². The van der Waals surface area contributed by atoms with Crippen molar-refractivity contribution in [3.8, 4) is 22.3 Å². The predicted molar refractivity (Wildman–Crippen MR) is 195 cm³/mol. The van der Waals surface area contributed by atoms with E-state index < -0.39 is 7.14 Å². The summed E-state index contributed by atoms with van der Waals surface area (Å²) in [6.07, 6.45) is 3.74. The molecule has 0 bridgehead atoms. The predicted octanol–water partition coefficient (Wildman–Crippen LogP) is 9.66. The molecule has 9 aromatic rings. The molecule has 0 fully saturated rings. The standard InChI is InChI=1S/C42H27N2O2P/c45-47(34-9-3-1-4-10-34,35-11-5-2-6-12-35)36-19-15-28(16-20-36)30-17-21-39-37(25-30)38-26-31(18-22-40(38)46-39)33-24-32-14-13-29-8-7-23-43-41(29)42(32)44-27-33/h1-27H. The fourth-order valence-corrected chi connectivity index (χ4v) is 9.26. The van der Waals surface area contributed by atoms with Crippen LogP contribution < -0.4 is 15.9 Å². The molecule has 0 aliphatic carbocycles. The molecule has 0 saturated heterocycles. The van der Waals surface area contributed by atoms with Crippen LogP contribution in [0.25, 0.3) is 66.0 Å². The number of pyridine rings is 2. The van der Waals surface area contributed by atoms with Crippen LogP contribution in [0.15, 0.2) is 168 Å². The molecule has 9 rings (SSSR count). The Morgan fingerprint density at radius 2 is 1.00 bits per heavy atom. The maximum atomic E-state index is 14.8. The molecule has 4 nitrogen and oxygen atoms in total. The highest BCUT2D eigenvalue weighted by Gasteiger charge is 2.29. The zero-order chi connectivity index (χ0) is 31.4. The zero-order valence-electron chi connectivity index (χ0n) is 25.2. The van der Waals surface area contributed by atoms with Gasteiger partial charge < -0.3 is 8.98 Å². The van der Waals surface area contributed by atoms with E-state index in [1.54, 1.807) is 0 Å². The van der Waals surface area contributed by atoms with Crippen LogP contribution in [0.4, 0.5) is 0 Å². The number of fused-ring (bicyclic) bond motifs is 6. The van der Waals surface area contributed by atoms with E-state index in [1.165, 1.54) is 0 Å². The average Bonchev–Trinajstić information content (AvgIpc) is 3.52. The van der Waals surface area contributed by atoms with E-state index in [0.717, 1.165) is 81.9 Å². The van der Waals surface area contributed by atoms with Gasteiger partial charge in [-0.3, -0.25) is 9.97 Å². The molecule has 0 atom stereocenters. The van der Waals surface area contributed by atoms with Crippen LogP contribution in [0.2, 0.25) is 0 Å². The van der Waals surface area contributed by atoms with E-state index >= 15 is 0 Å². The second kappa shape index (κ2) is 10.9. The Morgan fingerprint density at radius 1 is 0.447 bits per heavy atom. The molecule has 3 heterocycles. The Balaban J connectivity index is 1.10. The van der Waals surface area contributed by atoms with Crippen LogP contribution in [0.5, 0.6) is 0 Å². The number of rotatable bonds is 5. The molecular weight excluding hydrogens is 595 g/mol. The van der Waals surface area contributed by atoms with Crippen molar-refractivity contribution in [3.05, 3.63) is 164 Å². The Labute approximate surface area is 271 Å². The van der Waals surface area contributed by atoms with E-state index in [4.69, 9.17) is 9.40 Å². The highest BCUT2D eigenvalue weighted by molar-refractivity contribution is 7.85. The van der Waals surface area contributed by atoms with Crippen molar-refractivity contribution >= 4 is 66.8 Å². The minimum atomic E-state index is -3.04. The van der Waals surface area contributed by atoms with Crippen LogP contribution in [-0.4, -0.2) is 9.97 Å². The van der Waals surface area contributed by atoms with E-state index in [-0.39, 0.29) is 0 Å². The smallest absolute Gasteiger partial charge is 0.171 e. The maximum Gasteiger partial charge on any atom is 0.171 e. The largest absolute Gasteiger partial charge is 0.456 e. The molecule has 0 N–H and O–H groups in total. The fraction of sp³-hybridized carbons (Fsp3) is 0. The minimum Gasteiger partial charge on any atom is -0.456 e. The second-order valence-electron chi connectivity index (χ2n) is 11.8. The first kappa shape index (κ1) is 27.5. The van der Waals surface area contributed by atoms with Gasteiger partial charge in [-0.05, 0) is 53.1 Å². The van der Waals surface area contributed by atoms with Crippen molar-refractivity contribution in [1.82, 2.24) is 9.97 Å². The molecular formula is C42H27N2O2P. The molecule has 222 valence electrons. The van der Waals surface area contributed by atoms with Gasteiger partial charge in [0.2, 0.25) is 0 Å². The first-order valence-electron chi connectivity index (χ1n) is 15.6. The van der Waals surface area contributed by atoms with Gasteiger partial charge >= 0.3 is 0 Å². The third-order valence-electron chi connectivity index (χ3n) is 9.03. The van der Waals surface area contributed by atoms with Gasteiger partial charge in [0.1, 0.15) is 11.2 Å². The third kappa shape index (κ3) is 4.57. The van der Waals surface area contributed by atoms with Crippen molar-refractivity contribution in [3.63, 3.8) is 0 Å². The maximum absolute atomic E-state index is 14.8. The molecule has 3 aromatic heterocycles. The van der Waals surface area contributed by atoms with Crippen LogP contribution >= 0.6 is 7.14 Å². The Bertz CT molecular complexity index is 2600. The van der Waals surface area contributed by atoms with Gasteiger partial charge in [0.05, 0.1) is 11.0 Å². The molecule has 6 aromatic carbocycles. The van der Waals surface area contributed by atoms with Crippen molar-refractivity contribution in [2.75, 3.05) is 0 Å². The minimum absolute atomic E-state index is 0.811. The lowest BCUT2D eigenvalue weighted by Gasteiger charge is -2.20. The molecule has 0 saturated carbocycles. The summed E-state index contributed by atoms with van der Waals surface area (Å²) in [4.78, 5) is 9.40. The van der Waals surface area contributed by atoms with Crippen LogP contribution in [-0.2, 0) is 4.57 Å². The number of aromatic nitrogens is 2. The highest BCUT2D eigenvalue weighted by Crippen LogP contribution is 2.43. The topological polar surface area (TPSA) is 56.0 Å². The van der Waals surface area contributed by atoms with Gasteiger partial charge in [-0.1, -0.05) is 115 Å². The summed E-state index contributed by atoms with van der Waals surface area (Å²) in [7, 11) is -3.04. The summed E-state index contributed by atoms with van der Waals surface area (Å²) in [5.41, 5.74) is 7.72. The van der Waals surface area contributed by atoms with Gasteiger partial charge in [0.25, 0.3) is 0 Å². The number of hydrogen-bond donors (Lipinski definition) is 0. The lowest BCUT2D eigenvalue weighted by Crippen LogP contribution is -2.24. The SMILES string of the molecule is O=P(c1ccccc1)(c1ccccc1)c1ccc(-c2ccc3oc4ccc(-c5cnc6c(ccc7cccnc76)c5)cc4c3c2)cc1. The lowest BCUT2D eigenvalue weighted by atomic mass is 10.00. The van der Waals surface area contributed by atoms with Crippen molar-refractivity contribution in [2.24, 2.45) is 0 Å². The van der Waals surface area contributed by atoms with Gasteiger partial charge in [-0.2, -0.15) is 0 Å².